The number of fused-ring (bicyclic) bond motifs is 6. The van der Waals surface area contributed by atoms with Crippen molar-refractivity contribution in [1.82, 2.24) is 39.5 Å². The Kier molecular flexibility index (Phi) is 16.4. The minimum atomic E-state index is -4.12. The zero-order valence-corrected chi connectivity index (χ0v) is 51.4. The van der Waals surface area contributed by atoms with E-state index < -0.39 is 77.0 Å². The number of aliphatic hydroxyl groups is 4. The maximum atomic E-state index is 13.8. The fourth-order valence-electron chi connectivity index (χ4n) is 13.2. The van der Waals surface area contributed by atoms with Crippen LogP contribution >= 0.6 is 38.4 Å². The lowest BCUT2D eigenvalue weighted by Crippen LogP contribution is -2.58. The van der Waals surface area contributed by atoms with Gasteiger partial charge in [-0.1, -0.05) is 103 Å². The number of halogens is 2. The molecular formula is C62H62Cl2N10O14P2. The van der Waals surface area contributed by atoms with Crippen LogP contribution in [0.3, 0.4) is 0 Å². The topological polar surface area (TPSA) is 294 Å². The highest BCUT2D eigenvalue weighted by molar-refractivity contribution is 7.54. The summed E-state index contributed by atoms with van der Waals surface area (Å²) in [4.78, 5) is 32.3. The highest BCUT2D eigenvalue weighted by Gasteiger charge is 2.52. The molecule has 9 atom stereocenters. The third-order valence-electron chi connectivity index (χ3n) is 17.5. The van der Waals surface area contributed by atoms with Crippen LogP contribution in [0.1, 0.15) is 47.6 Å². The molecule has 5 N–H and O–H groups in total. The van der Waals surface area contributed by atoms with Crippen LogP contribution < -0.4 is 23.4 Å². The Morgan fingerprint density at radius 2 is 0.900 bits per heavy atom. The summed E-state index contributed by atoms with van der Waals surface area (Å²) in [5.74, 6) is 2.23. The molecule has 4 aliphatic heterocycles. The van der Waals surface area contributed by atoms with Gasteiger partial charge in [0.2, 0.25) is 10.6 Å². The summed E-state index contributed by atoms with van der Waals surface area (Å²) in [6.45, 7) is 2.69. The van der Waals surface area contributed by atoms with E-state index in [9.17, 15) is 34.4 Å². The molecule has 15 rings (SSSR count). The predicted molar refractivity (Wildman–Crippen MR) is 330 cm³/mol. The molecule has 0 radical (unpaired) electrons. The zero-order chi connectivity index (χ0) is 61.9. The van der Waals surface area contributed by atoms with Gasteiger partial charge in [-0.25, -0.2) is 18.5 Å². The van der Waals surface area contributed by atoms with Crippen molar-refractivity contribution in [1.29, 1.82) is 0 Å². The van der Waals surface area contributed by atoms with Crippen molar-refractivity contribution in [2.75, 3.05) is 61.9 Å². The van der Waals surface area contributed by atoms with Crippen LogP contribution in [0.2, 0.25) is 10.6 Å². The van der Waals surface area contributed by atoms with Gasteiger partial charge in [0.1, 0.15) is 65.5 Å². The predicted octanol–water partition coefficient (Wildman–Crippen LogP) is 8.17. The van der Waals surface area contributed by atoms with Crippen molar-refractivity contribution in [2.45, 2.75) is 85.6 Å². The number of rotatable bonds is 18. The smallest absolute Gasteiger partial charge is 0.423 e. The molecule has 28 heteroatoms. The second kappa shape index (κ2) is 24.5. The number of benzene rings is 5. The Balaban J connectivity index is 0.000000159. The maximum Gasteiger partial charge on any atom is 0.456 e. The third-order valence-corrected chi connectivity index (χ3v) is 20.3. The fraction of sp³-hybridized carbons (Fsp3) is 0.355. The Morgan fingerprint density at radius 3 is 1.33 bits per heavy atom. The third kappa shape index (κ3) is 11.7. The largest absolute Gasteiger partial charge is 0.456 e. The Hall–Kier alpha value is -7.12. The van der Waals surface area contributed by atoms with E-state index in [1.165, 1.54) is 31.6 Å². The van der Waals surface area contributed by atoms with E-state index in [-0.39, 0.29) is 40.4 Å². The van der Waals surface area contributed by atoms with Crippen LogP contribution in [0.25, 0.3) is 22.1 Å². The first kappa shape index (κ1) is 60.4. The highest BCUT2D eigenvalue weighted by atomic mass is 35.5. The van der Waals surface area contributed by atoms with Gasteiger partial charge in [-0.05, 0) is 108 Å². The lowest BCUT2D eigenvalue weighted by Gasteiger charge is -2.49. The SMILES string of the molecule is O=P(COC[C@H]1O[C@@H](n2ncc3c(N4CC5(CCc6ccccc65)C4)nc(Cl)nc32)[C@H](O)[C@@H]1O)(Oc1ccccc1)Oc1ccccc1.O=P(O)(COC[C@H]1O[C@@H](n2ncc3c(N4CC5(CCc6ccccc65)C4)nc(Cl)nc32)[C@H](O)[C@@H]1O)Oc1ccccc1. The Labute approximate surface area is 525 Å². The minimum Gasteiger partial charge on any atom is -0.423 e. The van der Waals surface area contributed by atoms with Crippen LogP contribution in [-0.2, 0) is 51.7 Å². The van der Waals surface area contributed by atoms with Gasteiger partial charge in [-0.15, -0.1) is 0 Å². The molecule has 5 aromatic carbocycles. The van der Waals surface area contributed by atoms with Gasteiger partial charge in [0.25, 0.3) is 0 Å². The van der Waals surface area contributed by atoms with E-state index in [2.05, 4.69) is 88.5 Å². The van der Waals surface area contributed by atoms with Crippen molar-refractivity contribution < 1.29 is 67.0 Å². The molecule has 2 spiro atoms. The maximum absolute atomic E-state index is 13.8. The summed E-state index contributed by atoms with van der Waals surface area (Å²) in [6.07, 6.45) is -3.18. The second-order valence-corrected chi connectivity index (χ2v) is 27.7. The molecule has 0 amide bonds. The minimum absolute atomic E-state index is 0.0251. The first-order valence-corrected chi connectivity index (χ1v) is 33.6. The molecule has 24 nitrogen and oxygen atoms in total. The molecule has 6 aliphatic rings. The summed E-state index contributed by atoms with van der Waals surface area (Å²) in [5.41, 5.74) is 6.47. The zero-order valence-electron chi connectivity index (χ0n) is 48.1. The Morgan fingerprint density at radius 1 is 0.511 bits per heavy atom. The first-order chi connectivity index (χ1) is 43.5. The number of para-hydroxylation sites is 3. The first-order valence-electron chi connectivity index (χ1n) is 29.4. The monoisotopic (exact) mass is 1300 g/mol. The average molecular weight is 1300 g/mol. The molecule has 4 aromatic heterocycles. The van der Waals surface area contributed by atoms with Gasteiger partial charge < -0.3 is 67.6 Å². The van der Waals surface area contributed by atoms with Gasteiger partial charge in [-0.3, -0.25) is 0 Å². The number of hydrogen-bond donors (Lipinski definition) is 5. The highest BCUT2D eigenvalue weighted by Crippen LogP contribution is 2.52. The normalized spacial score (nSPS) is 24.3. The molecule has 4 fully saturated rings. The number of nitrogens with zero attached hydrogens (tertiary/aromatic N) is 10. The molecule has 2 aliphatic carbocycles. The van der Waals surface area contributed by atoms with Crippen LogP contribution in [0.4, 0.5) is 11.6 Å². The lowest BCUT2D eigenvalue weighted by atomic mass is 9.75. The number of aryl methyl sites for hydroxylation is 2. The standard InChI is InChI=1S/C34H33ClN5O7P.C28H29ClN5O7P/c35-33-37-30(39-19-34(20-39)16-15-22-9-7-8-14-26(22)34)25-17-36-40(31(25)38-33)32-29(42)28(41)27(45-32)18-44-21-48(43,46-23-10-3-1-4-11-23)47-24-12-5-2-6-13-24;29-27-31-24(33-14-28(15-33)11-10-17-6-4-5-9-20(17)28)19-12-30-34(25(19)32-27)26-23(36)22(35)21(40-26)13-39-16-42(37,38)41-18-7-2-1-3-8-18/h1-14,17,27-29,32,41-42H,15-16,18-21H2;1-9,12,21-23,26,35-36H,10-11,13-16H2,(H,37,38)/t27-,28-,29-,32-;21-,22-,23-,26-/m11/s1. The fourth-order valence-corrected chi connectivity index (χ4v) is 15.7. The lowest BCUT2D eigenvalue weighted by molar-refractivity contribution is -0.0658. The van der Waals surface area contributed by atoms with E-state index in [0.29, 0.717) is 45.2 Å². The van der Waals surface area contributed by atoms with E-state index in [1.807, 2.05) is 12.1 Å². The summed E-state index contributed by atoms with van der Waals surface area (Å²) >= 11 is 12.8. The van der Waals surface area contributed by atoms with E-state index in [0.717, 1.165) is 51.9 Å². The van der Waals surface area contributed by atoms with Gasteiger partial charge in [0.15, 0.2) is 36.4 Å². The van der Waals surface area contributed by atoms with Gasteiger partial charge in [-0.2, -0.15) is 30.1 Å². The average Bonchev–Trinajstić information content (AvgIpc) is 1.50. The second-order valence-electron chi connectivity index (χ2n) is 23.4. The summed E-state index contributed by atoms with van der Waals surface area (Å²) in [6, 6.07) is 42.6. The molecule has 8 heterocycles. The van der Waals surface area contributed by atoms with Crippen molar-refractivity contribution in [2.24, 2.45) is 0 Å². The van der Waals surface area contributed by atoms with Crippen LogP contribution in [-0.4, -0.2) is 154 Å². The van der Waals surface area contributed by atoms with E-state index in [4.69, 9.17) is 55.7 Å². The molecule has 0 saturated carbocycles. The molecule has 1 unspecified atom stereocenters. The van der Waals surface area contributed by atoms with Crippen LogP contribution in [0.5, 0.6) is 17.2 Å². The van der Waals surface area contributed by atoms with Gasteiger partial charge in [0, 0.05) is 37.0 Å². The summed E-state index contributed by atoms with van der Waals surface area (Å²) in [5, 5.41) is 53.8. The molecule has 4 saturated heterocycles. The Bertz CT molecular complexity index is 4130. The van der Waals surface area contributed by atoms with Crippen molar-refractivity contribution in [3.05, 3.63) is 185 Å². The summed E-state index contributed by atoms with van der Waals surface area (Å²) in [7, 11) is -8.00. The quantitative estimate of drug-likeness (QED) is 0.0400. The molecule has 468 valence electrons. The van der Waals surface area contributed by atoms with E-state index >= 15 is 0 Å². The van der Waals surface area contributed by atoms with Crippen molar-refractivity contribution in [3.63, 3.8) is 0 Å². The number of hydrogen-bond acceptors (Lipinski definition) is 21. The van der Waals surface area contributed by atoms with Crippen molar-refractivity contribution >= 4 is 72.1 Å². The van der Waals surface area contributed by atoms with Crippen LogP contribution in [0.15, 0.2) is 152 Å². The van der Waals surface area contributed by atoms with Gasteiger partial charge >= 0.3 is 15.2 Å². The van der Waals surface area contributed by atoms with E-state index in [1.54, 1.807) is 91.3 Å². The van der Waals surface area contributed by atoms with Crippen LogP contribution in [0, 0.1) is 0 Å². The summed E-state index contributed by atoms with van der Waals surface area (Å²) < 4.78 is 68.8. The molecule has 9 aromatic rings. The number of aromatic nitrogens is 8. The van der Waals surface area contributed by atoms with Crippen molar-refractivity contribution in [3.8, 4) is 17.2 Å². The van der Waals surface area contributed by atoms with Gasteiger partial charge in [0.05, 0.1) is 36.4 Å². The number of aliphatic hydroxyl groups excluding tert-OH is 4. The number of ether oxygens (including phenoxy) is 4. The molecule has 0 bridgehead atoms. The molecule has 90 heavy (non-hydrogen) atoms. The number of anilines is 2. The molecular weight excluding hydrogens is 1240 g/mol.